The van der Waals surface area contributed by atoms with Gasteiger partial charge in [-0.05, 0) is 31.0 Å². The van der Waals surface area contributed by atoms with Crippen LogP contribution in [0.3, 0.4) is 0 Å². The number of rotatable bonds is 4. The van der Waals surface area contributed by atoms with Crippen LogP contribution >= 0.6 is 0 Å². The third kappa shape index (κ3) is 3.50. The van der Waals surface area contributed by atoms with Crippen LogP contribution in [0.15, 0.2) is 36.5 Å². The van der Waals surface area contributed by atoms with Gasteiger partial charge in [-0.15, -0.1) is 0 Å². The molecule has 0 radical (unpaired) electrons. The molecule has 1 fully saturated rings. The number of nitrogens with one attached hydrogen (secondary N) is 1. The van der Waals surface area contributed by atoms with Gasteiger partial charge in [0.1, 0.15) is 17.4 Å². The third-order valence-corrected chi connectivity index (χ3v) is 4.18. The highest BCUT2D eigenvalue weighted by atomic mass is 19.1. The van der Waals surface area contributed by atoms with E-state index in [0.29, 0.717) is 18.8 Å². The zero-order valence-electron chi connectivity index (χ0n) is 13.4. The van der Waals surface area contributed by atoms with Gasteiger partial charge in [0.15, 0.2) is 0 Å². The highest BCUT2D eigenvalue weighted by molar-refractivity contribution is 5.64. The van der Waals surface area contributed by atoms with E-state index in [1.807, 2.05) is 11.0 Å². The van der Waals surface area contributed by atoms with Crippen LogP contribution in [-0.4, -0.2) is 29.0 Å². The minimum Gasteiger partial charge on any atom is -0.367 e. The lowest BCUT2D eigenvalue weighted by Crippen LogP contribution is -2.42. The molecule has 2 heterocycles. The number of nitrogens with zero attached hydrogens (tertiary/aromatic N) is 4. The minimum absolute atomic E-state index is 0.0377. The lowest BCUT2D eigenvalue weighted by Gasteiger charge is -2.35. The van der Waals surface area contributed by atoms with E-state index in [-0.39, 0.29) is 28.9 Å². The van der Waals surface area contributed by atoms with Crippen molar-refractivity contribution in [1.82, 2.24) is 4.98 Å². The van der Waals surface area contributed by atoms with Gasteiger partial charge in [-0.1, -0.05) is 12.1 Å². The fraction of sp³-hybridized carbons (Fsp3) is 0.294. The van der Waals surface area contributed by atoms with E-state index in [0.717, 1.165) is 12.8 Å². The normalized spacial score (nSPS) is 17.0. The van der Waals surface area contributed by atoms with Gasteiger partial charge in [0, 0.05) is 25.3 Å². The summed E-state index contributed by atoms with van der Waals surface area (Å²) in [4.78, 5) is 16.6. The van der Waals surface area contributed by atoms with Gasteiger partial charge in [0.2, 0.25) is 5.82 Å². The van der Waals surface area contributed by atoms with Crippen LogP contribution in [-0.2, 0) is 0 Å². The smallest absolute Gasteiger partial charge is 0.328 e. The quantitative estimate of drug-likeness (QED) is 0.678. The summed E-state index contributed by atoms with van der Waals surface area (Å²) in [6.07, 6.45) is 2.96. The summed E-state index contributed by atoms with van der Waals surface area (Å²) in [5.41, 5.74) is 0.152. The van der Waals surface area contributed by atoms with Crippen LogP contribution < -0.4 is 10.2 Å². The SMILES string of the molecule is N#Cc1ccnc(NC2CCCN(c3ccccc3F)C2)c1[N+](=O)[O-]. The molecule has 7 nitrogen and oxygen atoms in total. The van der Waals surface area contributed by atoms with Gasteiger partial charge in [-0.3, -0.25) is 10.1 Å². The third-order valence-electron chi connectivity index (χ3n) is 4.18. The van der Waals surface area contributed by atoms with Crippen LogP contribution in [0.5, 0.6) is 0 Å². The maximum Gasteiger partial charge on any atom is 0.328 e. The predicted octanol–water partition coefficient (Wildman–Crippen LogP) is 3.08. The molecule has 2 aromatic rings. The Kier molecular flexibility index (Phi) is 4.75. The molecule has 0 bridgehead atoms. The molecule has 0 amide bonds. The van der Waals surface area contributed by atoms with Crippen LogP contribution in [0.25, 0.3) is 0 Å². The lowest BCUT2D eigenvalue weighted by atomic mass is 10.0. The molecule has 1 N–H and O–H groups in total. The van der Waals surface area contributed by atoms with Crippen molar-refractivity contribution in [3.8, 4) is 6.07 Å². The maximum atomic E-state index is 14.0. The van der Waals surface area contributed by atoms with Crippen molar-refractivity contribution in [3.63, 3.8) is 0 Å². The molecule has 128 valence electrons. The highest BCUT2D eigenvalue weighted by Crippen LogP contribution is 2.29. The number of para-hydroxylation sites is 1. The summed E-state index contributed by atoms with van der Waals surface area (Å²) in [5.74, 6) is -0.219. The molecule has 1 unspecified atom stereocenters. The standard InChI is InChI=1S/C17H16FN5O2/c18-14-5-1-2-6-15(14)22-9-3-4-13(11-22)21-17-16(23(24)25)12(10-19)7-8-20-17/h1-2,5-8,13H,3-4,9,11H2,(H,20,21). The zero-order valence-corrected chi connectivity index (χ0v) is 13.4. The van der Waals surface area contributed by atoms with Crippen molar-refractivity contribution in [1.29, 1.82) is 5.26 Å². The van der Waals surface area contributed by atoms with E-state index >= 15 is 0 Å². The molecule has 8 heteroatoms. The van der Waals surface area contributed by atoms with Gasteiger partial charge in [0.05, 0.1) is 10.6 Å². The Morgan fingerprint density at radius 2 is 2.20 bits per heavy atom. The monoisotopic (exact) mass is 341 g/mol. The fourth-order valence-corrected chi connectivity index (χ4v) is 3.05. The summed E-state index contributed by atoms with van der Waals surface area (Å²) < 4.78 is 14.0. The number of aromatic nitrogens is 1. The number of anilines is 2. The summed E-state index contributed by atoms with van der Waals surface area (Å²) in [6, 6.07) is 9.54. The Morgan fingerprint density at radius 1 is 1.40 bits per heavy atom. The molecule has 1 aliphatic rings. The first-order valence-corrected chi connectivity index (χ1v) is 7.89. The number of halogens is 1. The molecule has 1 saturated heterocycles. The largest absolute Gasteiger partial charge is 0.367 e. The van der Waals surface area contributed by atoms with Gasteiger partial charge in [-0.2, -0.15) is 5.26 Å². The van der Waals surface area contributed by atoms with E-state index in [4.69, 9.17) is 5.26 Å². The molecule has 1 atom stereocenters. The molecule has 0 aliphatic carbocycles. The van der Waals surface area contributed by atoms with E-state index in [1.54, 1.807) is 18.2 Å². The molecule has 1 aromatic heterocycles. The van der Waals surface area contributed by atoms with E-state index in [1.165, 1.54) is 18.3 Å². The maximum absolute atomic E-state index is 14.0. The van der Waals surface area contributed by atoms with Gasteiger partial charge in [0.25, 0.3) is 0 Å². The Bertz CT molecular complexity index is 836. The van der Waals surface area contributed by atoms with Crippen LogP contribution in [0.2, 0.25) is 0 Å². The number of piperidine rings is 1. The first kappa shape index (κ1) is 16.6. The van der Waals surface area contributed by atoms with Crippen LogP contribution in [0.1, 0.15) is 18.4 Å². The van der Waals surface area contributed by atoms with E-state index in [9.17, 15) is 14.5 Å². The molecule has 0 spiro atoms. The number of hydrogen-bond acceptors (Lipinski definition) is 6. The second-order valence-electron chi connectivity index (χ2n) is 5.81. The zero-order chi connectivity index (χ0) is 17.8. The summed E-state index contributed by atoms with van der Waals surface area (Å²) in [6.45, 7) is 1.21. The highest BCUT2D eigenvalue weighted by Gasteiger charge is 2.26. The topological polar surface area (TPSA) is 95.1 Å². The molecule has 1 aromatic carbocycles. The fourth-order valence-electron chi connectivity index (χ4n) is 3.05. The Morgan fingerprint density at radius 3 is 2.92 bits per heavy atom. The van der Waals surface area contributed by atoms with Crippen LogP contribution in [0.4, 0.5) is 21.6 Å². The number of hydrogen-bond donors (Lipinski definition) is 1. The number of benzene rings is 1. The summed E-state index contributed by atoms with van der Waals surface area (Å²) >= 11 is 0. The molecule has 3 rings (SSSR count). The predicted molar refractivity (Wildman–Crippen MR) is 90.9 cm³/mol. The van der Waals surface area contributed by atoms with Crippen molar-refractivity contribution < 1.29 is 9.31 Å². The number of nitro groups is 1. The summed E-state index contributed by atoms with van der Waals surface area (Å²) in [7, 11) is 0. The molecule has 0 saturated carbocycles. The summed E-state index contributed by atoms with van der Waals surface area (Å²) in [5, 5.41) is 23.4. The Labute approximate surface area is 143 Å². The lowest BCUT2D eigenvalue weighted by molar-refractivity contribution is -0.384. The first-order valence-electron chi connectivity index (χ1n) is 7.89. The van der Waals surface area contributed by atoms with Gasteiger partial charge < -0.3 is 10.2 Å². The van der Waals surface area contributed by atoms with Gasteiger partial charge >= 0.3 is 5.69 Å². The molecular weight excluding hydrogens is 325 g/mol. The molecule has 1 aliphatic heterocycles. The second kappa shape index (κ2) is 7.13. The number of pyridine rings is 1. The van der Waals surface area contributed by atoms with E-state index in [2.05, 4.69) is 10.3 Å². The van der Waals surface area contributed by atoms with Crippen molar-refractivity contribution >= 4 is 17.2 Å². The second-order valence-corrected chi connectivity index (χ2v) is 5.81. The molecule has 25 heavy (non-hydrogen) atoms. The average Bonchev–Trinajstić information content (AvgIpc) is 2.62. The van der Waals surface area contributed by atoms with E-state index < -0.39 is 4.92 Å². The van der Waals surface area contributed by atoms with Crippen molar-refractivity contribution in [2.45, 2.75) is 18.9 Å². The number of nitriles is 1. The Balaban J connectivity index is 1.81. The van der Waals surface area contributed by atoms with Crippen LogP contribution in [0, 0.1) is 27.3 Å². The average molecular weight is 341 g/mol. The Hall–Kier alpha value is -3.21. The molecular formula is C17H16FN5O2. The van der Waals surface area contributed by atoms with Gasteiger partial charge in [-0.25, -0.2) is 9.37 Å². The van der Waals surface area contributed by atoms with Crippen molar-refractivity contribution in [2.75, 3.05) is 23.3 Å². The van der Waals surface area contributed by atoms with Crippen molar-refractivity contribution in [3.05, 3.63) is 58.0 Å². The first-order chi connectivity index (χ1) is 12.1. The minimum atomic E-state index is -0.606. The van der Waals surface area contributed by atoms with Crippen molar-refractivity contribution in [2.24, 2.45) is 0 Å².